The molecule has 1 saturated heterocycles. The lowest BCUT2D eigenvalue weighted by atomic mass is 9.85. The van der Waals surface area contributed by atoms with E-state index in [4.69, 9.17) is 9.72 Å². The Morgan fingerprint density at radius 2 is 1.72 bits per heavy atom. The lowest BCUT2D eigenvalue weighted by Gasteiger charge is -2.24. The fraction of sp³-hybridized carbons (Fsp3) is 0.190. The van der Waals surface area contributed by atoms with Crippen LogP contribution >= 0.6 is 0 Å². The molecule has 1 aliphatic carbocycles. The van der Waals surface area contributed by atoms with Crippen molar-refractivity contribution in [3.63, 3.8) is 0 Å². The molecule has 4 aromatic rings. The average molecular weight is 329 g/mol. The summed E-state index contributed by atoms with van der Waals surface area (Å²) in [6, 6.07) is 18.4. The molecule has 1 aromatic heterocycles. The van der Waals surface area contributed by atoms with E-state index in [9.17, 15) is 10.2 Å². The molecule has 1 aliphatic heterocycles. The van der Waals surface area contributed by atoms with Gasteiger partial charge < -0.3 is 14.9 Å². The van der Waals surface area contributed by atoms with Gasteiger partial charge in [-0.1, -0.05) is 42.5 Å². The molecule has 0 bridgehead atoms. The number of hydrogen-bond acceptors (Lipinski definition) is 4. The highest BCUT2D eigenvalue weighted by atomic mass is 16.6. The highest BCUT2D eigenvalue weighted by Gasteiger charge is 2.54. The lowest BCUT2D eigenvalue weighted by Crippen LogP contribution is -2.29. The van der Waals surface area contributed by atoms with Gasteiger partial charge in [-0.05, 0) is 28.6 Å². The van der Waals surface area contributed by atoms with Crippen LogP contribution in [-0.4, -0.2) is 27.4 Å². The third-order valence-corrected chi connectivity index (χ3v) is 5.55. The number of fused-ring (bicyclic) bond motifs is 8. The second kappa shape index (κ2) is 4.55. The minimum Gasteiger partial charge on any atom is -0.387 e. The molecule has 4 nitrogen and oxygen atoms in total. The molecule has 25 heavy (non-hydrogen) atoms. The number of aliphatic hydroxyl groups excluding tert-OH is 2. The normalized spacial score (nSPS) is 27.4. The molecule has 0 saturated carbocycles. The average Bonchev–Trinajstić information content (AvgIpc) is 3.44. The molecule has 6 rings (SSSR count). The summed E-state index contributed by atoms with van der Waals surface area (Å²) in [5.74, 6) is 0. The second-order valence-electron chi connectivity index (χ2n) is 6.94. The van der Waals surface area contributed by atoms with Crippen LogP contribution in [0, 0.1) is 0 Å². The van der Waals surface area contributed by atoms with Crippen LogP contribution in [-0.2, 0) is 4.74 Å². The largest absolute Gasteiger partial charge is 0.387 e. The highest BCUT2D eigenvalue weighted by molar-refractivity contribution is 6.08. The molecule has 2 N–H and O–H groups in total. The van der Waals surface area contributed by atoms with Gasteiger partial charge in [-0.2, -0.15) is 0 Å². The number of ether oxygens (including phenoxy) is 1. The van der Waals surface area contributed by atoms with Crippen LogP contribution in [0.4, 0.5) is 0 Å². The number of rotatable bonds is 0. The zero-order valence-electron chi connectivity index (χ0n) is 13.3. The smallest absolute Gasteiger partial charge is 0.118 e. The van der Waals surface area contributed by atoms with Crippen LogP contribution in [0.25, 0.3) is 32.6 Å². The van der Waals surface area contributed by atoms with Crippen molar-refractivity contribution in [1.82, 2.24) is 4.98 Å². The molecule has 122 valence electrons. The van der Waals surface area contributed by atoms with Crippen molar-refractivity contribution in [3.8, 4) is 0 Å². The van der Waals surface area contributed by atoms with Crippen LogP contribution < -0.4 is 0 Å². The Morgan fingerprint density at radius 1 is 0.880 bits per heavy atom. The SMILES string of the molecule is O[C@@H]1[C@@H]2O[C@@H]2c2c(ccc3nc4c(ccc5ccccc54)cc23)[C@H]1O. The van der Waals surface area contributed by atoms with Gasteiger partial charge >= 0.3 is 0 Å². The Balaban J connectivity index is 1.72. The maximum atomic E-state index is 10.4. The van der Waals surface area contributed by atoms with Crippen LogP contribution in [0.3, 0.4) is 0 Å². The lowest BCUT2D eigenvalue weighted by molar-refractivity contribution is 0.000104. The number of aliphatic hydroxyl groups is 2. The van der Waals surface area contributed by atoms with Crippen LogP contribution in [0.1, 0.15) is 23.3 Å². The summed E-state index contributed by atoms with van der Waals surface area (Å²) in [6.45, 7) is 0. The first-order chi connectivity index (χ1) is 12.2. The van der Waals surface area contributed by atoms with E-state index in [2.05, 4.69) is 30.3 Å². The molecule has 0 unspecified atom stereocenters. The number of benzene rings is 3. The summed E-state index contributed by atoms with van der Waals surface area (Å²) < 4.78 is 5.64. The Hall–Kier alpha value is -2.53. The van der Waals surface area contributed by atoms with E-state index in [1.165, 1.54) is 5.39 Å². The number of nitrogens with zero attached hydrogens (tertiary/aromatic N) is 1. The van der Waals surface area contributed by atoms with Crippen molar-refractivity contribution in [3.05, 3.63) is 65.7 Å². The van der Waals surface area contributed by atoms with Gasteiger partial charge in [0.1, 0.15) is 24.4 Å². The molecular formula is C21H15NO3. The topological polar surface area (TPSA) is 65.9 Å². The van der Waals surface area contributed by atoms with E-state index in [1.54, 1.807) is 0 Å². The van der Waals surface area contributed by atoms with Gasteiger partial charge in [-0.15, -0.1) is 0 Å². The Labute approximate surface area is 143 Å². The molecule has 0 amide bonds. The van der Waals surface area contributed by atoms with E-state index in [1.807, 2.05) is 24.3 Å². The Kier molecular flexibility index (Phi) is 2.50. The van der Waals surface area contributed by atoms with Crippen molar-refractivity contribution < 1.29 is 14.9 Å². The first-order valence-corrected chi connectivity index (χ1v) is 8.49. The summed E-state index contributed by atoms with van der Waals surface area (Å²) in [7, 11) is 0. The van der Waals surface area contributed by atoms with Crippen molar-refractivity contribution in [1.29, 1.82) is 0 Å². The monoisotopic (exact) mass is 329 g/mol. The summed E-state index contributed by atoms with van der Waals surface area (Å²) >= 11 is 0. The van der Waals surface area contributed by atoms with E-state index in [0.717, 1.165) is 38.3 Å². The first-order valence-electron chi connectivity index (χ1n) is 8.49. The van der Waals surface area contributed by atoms with Crippen LogP contribution in [0.15, 0.2) is 54.6 Å². The molecule has 1 fully saturated rings. The number of hydrogen-bond donors (Lipinski definition) is 2. The van der Waals surface area contributed by atoms with Crippen molar-refractivity contribution >= 4 is 32.6 Å². The predicted molar refractivity (Wildman–Crippen MR) is 95.3 cm³/mol. The van der Waals surface area contributed by atoms with Crippen molar-refractivity contribution in [2.24, 2.45) is 0 Å². The van der Waals surface area contributed by atoms with E-state index in [0.29, 0.717) is 0 Å². The van der Waals surface area contributed by atoms with Crippen molar-refractivity contribution in [2.45, 2.75) is 24.4 Å². The molecule has 0 spiro atoms. The molecule has 0 radical (unpaired) electrons. The minimum atomic E-state index is -0.907. The van der Waals surface area contributed by atoms with E-state index >= 15 is 0 Å². The van der Waals surface area contributed by atoms with Crippen LogP contribution in [0.2, 0.25) is 0 Å². The highest BCUT2D eigenvalue weighted by Crippen LogP contribution is 2.52. The Bertz CT molecular complexity index is 1190. The first kappa shape index (κ1) is 13.7. The van der Waals surface area contributed by atoms with Gasteiger partial charge in [0.05, 0.1) is 11.0 Å². The maximum absolute atomic E-state index is 10.4. The van der Waals surface area contributed by atoms with Gasteiger partial charge in [0.25, 0.3) is 0 Å². The summed E-state index contributed by atoms with van der Waals surface area (Å²) in [5, 5.41) is 24.9. The Morgan fingerprint density at radius 3 is 2.64 bits per heavy atom. The second-order valence-corrected chi connectivity index (χ2v) is 6.94. The standard InChI is InChI=1S/C21H15NO3/c23-18-13-7-8-15-14(16(13)20-21(25-20)19(18)24)9-11-6-5-10-3-1-2-4-12(10)17(11)22-15/h1-9,18-21,23-24H/t18-,19+,20-,21+/m1/s1. The summed E-state index contributed by atoms with van der Waals surface area (Å²) in [5.41, 5.74) is 3.60. The fourth-order valence-corrected chi connectivity index (χ4v) is 4.24. The summed E-state index contributed by atoms with van der Waals surface area (Å²) in [4.78, 5) is 4.91. The number of pyridine rings is 1. The third kappa shape index (κ3) is 1.74. The minimum absolute atomic E-state index is 0.142. The molecule has 2 heterocycles. The maximum Gasteiger partial charge on any atom is 0.118 e. The molecule has 3 aromatic carbocycles. The van der Waals surface area contributed by atoms with Gasteiger partial charge in [0.2, 0.25) is 0 Å². The quantitative estimate of drug-likeness (QED) is 0.295. The molecular weight excluding hydrogens is 314 g/mol. The molecule has 2 aliphatic rings. The molecule has 4 heteroatoms. The van der Waals surface area contributed by atoms with Gasteiger partial charge in [0.15, 0.2) is 0 Å². The van der Waals surface area contributed by atoms with Gasteiger partial charge in [0, 0.05) is 16.2 Å². The van der Waals surface area contributed by atoms with E-state index < -0.39 is 12.2 Å². The molecule has 4 atom stereocenters. The third-order valence-electron chi connectivity index (χ3n) is 5.55. The van der Waals surface area contributed by atoms with Crippen molar-refractivity contribution in [2.75, 3.05) is 0 Å². The van der Waals surface area contributed by atoms with Gasteiger partial charge in [-0.3, -0.25) is 0 Å². The number of aromatic nitrogens is 1. The zero-order valence-corrected chi connectivity index (χ0v) is 13.3. The van der Waals surface area contributed by atoms with Crippen LogP contribution in [0.5, 0.6) is 0 Å². The van der Waals surface area contributed by atoms with E-state index in [-0.39, 0.29) is 12.2 Å². The van der Waals surface area contributed by atoms with Gasteiger partial charge in [-0.25, -0.2) is 4.98 Å². The predicted octanol–water partition coefficient (Wildman–Crippen LogP) is 3.39. The fourth-order valence-electron chi connectivity index (χ4n) is 4.24. The zero-order chi connectivity index (χ0) is 16.7. The number of epoxide rings is 1. The summed E-state index contributed by atoms with van der Waals surface area (Å²) in [6.07, 6.45) is -2.21.